The second-order valence-electron chi connectivity index (χ2n) is 5.28. The van der Waals surface area contributed by atoms with E-state index in [1.807, 2.05) is 0 Å². The zero-order valence-electron chi connectivity index (χ0n) is 10.2. The molecule has 2 atom stereocenters. The lowest BCUT2D eigenvalue weighted by molar-refractivity contribution is 0.117. The van der Waals surface area contributed by atoms with Gasteiger partial charge in [-0.25, -0.2) is 0 Å². The van der Waals surface area contributed by atoms with Gasteiger partial charge in [0.1, 0.15) is 0 Å². The fourth-order valence-corrected chi connectivity index (χ4v) is 4.00. The maximum Gasteiger partial charge on any atom is 0.0693 e. The average Bonchev–Trinajstić information content (AvgIpc) is 2.53. The van der Waals surface area contributed by atoms with Gasteiger partial charge in [0.2, 0.25) is 0 Å². The van der Waals surface area contributed by atoms with E-state index in [-0.39, 0.29) is 6.10 Å². The minimum absolute atomic E-state index is 0.0968. The summed E-state index contributed by atoms with van der Waals surface area (Å²) in [6.07, 6.45) is 8.59. The Morgan fingerprint density at radius 2 is 1.75 bits per heavy atom. The minimum atomic E-state index is -0.0968. The third-order valence-corrected chi connectivity index (χ3v) is 5.04. The molecule has 0 spiro atoms. The third kappa shape index (κ3) is 3.94. The highest BCUT2D eigenvalue weighted by atomic mass is 32.2. The van der Waals surface area contributed by atoms with Gasteiger partial charge in [-0.05, 0) is 49.7 Å². The van der Waals surface area contributed by atoms with Gasteiger partial charge in [0, 0.05) is 6.04 Å². The molecule has 94 valence electrons. The van der Waals surface area contributed by atoms with Crippen molar-refractivity contribution in [3.63, 3.8) is 0 Å². The van der Waals surface area contributed by atoms with E-state index in [0.29, 0.717) is 6.04 Å². The van der Waals surface area contributed by atoms with Gasteiger partial charge >= 0.3 is 0 Å². The predicted molar refractivity (Wildman–Crippen MR) is 70.9 cm³/mol. The number of aliphatic hydroxyl groups excluding tert-OH is 1. The summed E-state index contributed by atoms with van der Waals surface area (Å²) < 4.78 is 0. The molecule has 3 heteroatoms. The highest BCUT2D eigenvalue weighted by molar-refractivity contribution is 7.99. The lowest BCUT2D eigenvalue weighted by Gasteiger charge is -2.27. The number of nitrogens with one attached hydrogen (secondary N) is 1. The fourth-order valence-electron chi connectivity index (χ4n) is 2.79. The van der Waals surface area contributed by atoms with Crippen LogP contribution in [0.25, 0.3) is 0 Å². The molecule has 0 amide bonds. The Bertz CT molecular complexity index is 194. The molecule has 2 fully saturated rings. The molecule has 0 aromatic carbocycles. The van der Waals surface area contributed by atoms with Gasteiger partial charge in [0.05, 0.1) is 6.10 Å². The highest BCUT2D eigenvalue weighted by Gasteiger charge is 2.22. The van der Waals surface area contributed by atoms with Gasteiger partial charge < -0.3 is 10.4 Å². The van der Waals surface area contributed by atoms with Crippen molar-refractivity contribution in [1.82, 2.24) is 5.32 Å². The molecule has 1 aliphatic carbocycles. The summed E-state index contributed by atoms with van der Waals surface area (Å²) in [7, 11) is 0. The van der Waals surface area contributed by atoms with Crippen LogP contribution in [0.4, 0.5) is 0 Å². The number of aliphatic hydroxyl groups is 1. The van der Waals surface area contributed by atoms with E-state index in [1.165, 1.54) is 50.0 Å². The normalized spacial score (nSPS) is 33.6. The molecule has 1 saturated heterocycles. The van der Waals surface area contributed by atoms with Crippen LogP contribution >= 0.6 is 11.8 Å². The Morgan fingerprint density at radius 1 is 1.00 bits per heavy atom. The van der Waals surface area contributed by atoms with Gasteiger partial charge in [0.15, 0.2) is 0 Å². The molecule has 0 radical (unpaired) electrons. The summed E-state index contributed by atoms with van der Waals surface area (Å²) >= 11 is 2.09. The zero-order valence-corrected chi connectivity index (χ0v) is 11.0. The minimum Gasteiger partial charge on any atom is -0.392 e. The largest absolute Gasteiger partial charge is 0.392 e. The summed E-state index contributed by atoms with van der Waals surface area (Å²) in [5, 5.41) is 13.6. The summed E-state index contributed by atoms with van der Waals surface area (Å²) in [5.41, 5.74) is 0. The topological polar surface area (TPSA) is 32.3 Å². The fraction of sp³-hybridized carbons (Fsp3) is 1.00. The van der Waals surface area contributed by atoms with Crippen LogP contribution in [0.3, 0.4) is 0 Å². The Kier molecular flexibility index (Phi) is 5.46. The smallest absolute Gasteiger partial charge is 0.0693 e. The monoisotopic (exact) mass is 243 g/mol. The van der Waals surface area contributed by atoms with Crippen LogP contribution in [0.15, 0.2) is 0 Å². The van der Waals surface area contributed by atoms with E-state index in [2.05, 4.69) is 17.1 Å². The maximum absolute atomic E-state index is 10.0. The Morgan fingerprint density at radius 3 is 2.56 bits per heavy atom. The van der Waals surface area contributed by atoms with Crippen molar-refractivity contribution in [2.75, 3.05) is 18.1 Å². The molecule has 16 heavy (non-hydrogen) atoms. The quantitative estimate of drug-likeness (QED) is 0.747. The SMILES string of the molecule is OC1CCCCCC1NCC1CCSCC1. The number of rotatable bonds is 3. The molecule has 2 nitrogen and oxygen atoms in total. The first-order valence-corrected chi connectivity index (χ1v) is 8.01. The molecule has 2 rings (SSSR count). The van der Waals surface area contributed by atoms with E-state index < -0.39 is 0 Å². The second-order valence-corrected chi connectivity index (χ2v) is 6.50. The van der Waals surface area contributed by atoms with Crippen molar-refractivity contribution in [2.24, 2.45) is 5.92 Å². The van der Waals surface area contributed by atoms with Crippen LogP contribution in [0.2, 0.25) is 0 Å². The Labute approximate surface area is 104 Å². The van der Waals surface area contributed by atoms with Gasteiger partial charge in [-0.15, -0.1) is 0 Å². The summed E-state index contributed by atoms with van der Waals surface area (Å²) in [6, 6.07) is 0.372. The molecule has 1 aliphatic heterocycles. The van der Waals surface area contributed by atoms with Crippen LogP contribution in [0, 0.1) is 5.92 Å². The molecule has 1 heterocycles. The second kappa shape index (κ2) is 6.87. The molecular formula is C13H25NOS. The lowest BCUT2D eigenvalue weighted by Crippen LogP contribution is -2.42. The molecule has 1 saturated carbocycles. The Balaban J connectivity index is 1.70. The maximum atomic E-state index is 10.0. The first-order chi connectivity index (χ1) is 7.86. The third-order valence-electron chi connectivity index (χ3n) is 3.99. The van der Waals surface area contributed by atoms with Crippen LogP contribution in [-0.2, 0) is 0 Å². The van der Waals surface area contributed by atoms with Crippen LogP contribution in [0.5, 0.6) is 0 Å². The number of thioether (sulfide) groups is 1. The standard InChI is InChI=1S/C13H25NOS/c15-13-5-3-1-2-4-12(13)14-10-11-6-8-16-9-7-11/h11-15H,1-10H2. The van der Waals surface area contributed by atoms with E-state index in [4.69, 9.17) is 0 Å². The molecule has 2 unspecified atom stereocenters. The summed E-state index contributed by atoms with van der Waals surface area (Å²) in [4.78, 5) is 0. The predicted octanol–water partition coefficient (Wildman–Crippen LogP) is 2.41. The van der Waals surface area contributed by atoms with Crippen LogP contribution < -0.4 is 5.32 Å². The van der Waals surface area contributed by atoms with Gasteiger partial charge in [-0.3, -0.25) is 0 Å². The Hall–Kier alpha value is 0.270. The first-order valence-electron chi connectivity index (χ1n) is 6.85. The van der Waals surface area contributed by atoms with Crippen molar-refractivity contribution in [3.05, 3.63) is 0 Å². The van der Waals surface area contributed by atoms with Crippen LogP contribution in [-0.4, -0.2) is 35.3 Å². The zero-order chi connectivity index (χ0) is 11.2. The summed E-state index contributed by atoms with van der Waals surface area (Å²) in [6.45, 7) is 1.13. The highest BCUT2D eigenvalue weighted by Crippen LogP contribution is 2.23. The molecule has 2 N–H and O–H groups in total. The average molecular weight is 243 g/mol. The molecule has 0 aromatic rings. The lowest BCUT2D eigenvalue weighted by atomic mass is 10.0. The molecule has 2 aliphatic rings. The van der Waals surface area contributed by atoms with Gasteiger partial charge in [-0.2, -0.15) is 11.8 Å². The van der Waals surface area contributed by atoms with Crippen molar-refractivity contribution >= 4 is 11.8 Å². The van der Waals surface area contributed by atoms with Crippen molar-refractivity contribution in [2.45, 2.75) is 57.1 Å². The van der Waals surface area contributed by atoms with E-state index in [1.54, 1.807) is 0 Å². The van der Waals surface area contributed by atoms with E-state index in [0.717, 1.165) is 18.9 Å². The van der Waals surface area contributed by atoms with Gasteiger partial charge in [-0.1, -0.05) is 19.3 Å². The van der Waals surface area contributed by atoms with Gasteiger partial charge in [0.25, 0.3) is 0 Å². The molecule has 0 aromatic heterocycles. The van der Waals surface area contributed by atoms with E-state index in [9.17, 15) is 5.11 Å². The van der Waals surface area contributed by atoms with E-state index >= 15 is 0 Å². The van der Waals surface area contributed by atoms with Crippen molar-refractivity contribution < 1.29 is 5.11 Å². The molecular weight excluding hydrogens is 218 g/mol. The summed E-state index contributed by atoms with van der Waals surface area (Å²) in [5.74, 6) is 3.52. The van der Waals surface area contributed by atoms with Crippen LogP contribution in [0.1, 0.15) is 44.9 Å². The van der Waals surface area contributed by atoms with Crippen molar-refractivity contribution in [3.8, 4) is 0 Å². The molecule has 0 bridgehead atoms. The van der Waals surface area contributed by atoms with Crippen molar-refractivity contribution in [1.29, 1.82) is 0 Å². The number of hydrogen-bond acceptors (Lipinski definition) is 3. The first kappa shape index (κ1) is 12.7. The number of hydrogen-bond donors (Lipinski definition) is 2.